The Morgan fingerprint density at radius 1 is 1.31 bits per heavy atom. The summed E-state index contributed by atoms with van der Waals surface area (Å²) < 4.78 is 0. The highest BCUT2D eigenvalue weighted by molar-refractivity contribution is 6.30. The molecule has 0 aliphatic heterocycles. The maximum Gasteiger partial charge on any atom is 0.0409 e. The van der Waals surface area contributed by atoms with Crippen LogP contribution in [0.1, 0.15) is 31.2 Å². The minimum atomic E-state index is 0.817. The van der Waals surface area contributed by atoms with Gasteiger partial charge in [-0.15, -0.1) is 0 Å². The lowest BCUT2D eigenvalue weighted by atomic mass is 10.1. The molecule has 86 valence electrons. The van der Waals surface area contributed by atoms with E-state index < -0.39 is 0 Å². The Bertz CT molecular complexity index is 371. The average Bonchev–Trinajstić information content (AvgIpc) is 2.77. The van der Waals surface area contributed by atoms with Crippen LogP contribution in [0.2, 0.25) is 5.02 Å². The lowest BCUT2D eigenvalue weighted by Gasteiger charge is -2.05. The number of halogens is 1. The summed E-state index contributed by atoms with van der Waals surface area (Å²) in [5.74, 6) is 0. The van der Waals surface area contributed by atoms with E-state index in [1.165, 1.54) is 31.2 Å². The quantitative estimate of drug-likeness (QED) is 0.602. The molecule has 0 aromatic heterocycles. The first-order chi connectivity index (χ1) is 7.84. The Morgan fingerprint density at radius 3 is 3.00 bits per heavy atom. The molecule has 0 saturated carbocycles. The Morgan fingerprint density at radius 2 is 2.25 bits per heavy atom. The summed E-state index contributed by atoms with van der Waals surface area (Å²) in [5.41, 5.74) is 2.88. The number of nitrogens with one attached hydrogen (secondary N) is 1. The van der Waals surface area contributed by atoms with Crippen molar-refractivity contribution in [2.24, 2.45) is 0 Å². The van der Waals surface area contributed by atoms with Crippen molar-refractivity contribution in [2.45, 2.75) is 32.2 Å². The van der Waals surface area contributed by atoms with Crippen molar-refractivity contribution < 1.29 is 0 Å². The van der Waals surface area contributed by atoms with Gasteiger partial charge < -0.3 is 5.32 Å². The van der Waals surface area contributed by atoms with E-state index in [9.17, 15) is 0 Å². The molecule has 0 bridgehead atoms. The van der Waals surface area contributed by atoms with E-state index in [2.05, 4.69) is 17.5 Å². The van der Waals surface area contributed by atoms with Gasteiger partial charge in [0.15, 0.2) is 0 Å². The van der Waals surface area contributed by atoms with Crippen LogP contribution in [0, 0.1) is 0 Å². The molecule has 0 radical (unpaired) electrons. The van der Waals surface area contributed by atoms with Gasteiger partial charge in [0.1, 0.15) is 0 Å². The number of allylic oxidation sites excluding steroid dienone is 1. The highest BCUT2D eigenvalue weighted by Crippen LogP contribution is 2.19. The van der Waals surface area contributed by atoms with E-state index in [1.54, 1.807) is 5.57 Å². The van der Waals surface area contributed by atoms with Crippen LogP contribution in [0.3, 0.4) is 0 Å². The minimum absolute atomic E-state index is 0.817. The van der Waals surface area contributed by atoms with E-state index in [1.807, 2.05) is 18.2 Å². The largest absolute Gasteiger partial charge is 0.312 e. The average molecular weight is 236 g/mol. The van der Waals surface area contributed by atoms with E-state index >= 15 is 0 Å². The second-order valence-corrected chi connectivity index (χ2v) is 4.75. The van der Waals surface area contributed by atoms with Gasteiger partial charge in [-0.05, 0) is 49.9 Å². The van der Waals surface area contributed by atoms with Crippen LogP contribution in [0.5, 0.6) is 0 Å². The fraction of sp³-hybridized carbons (Fsp3) is 0.429. The van der Waals surface area contributed by atoms with E-state index in [0.717, 1.165) is 18.1 Å². The molecule has 0 heterocycles. The first kappa shape index (κ1) is 11.7. The van der Waals surface area contributed by atoms with Crippen LogP contribution in [-0.2, 0) is 6.54 Å². The number of benzene rings is 1. The van der Waals surface area contributed by atoms with Crippen molar-refractivity contribution in [1.82, 2.24) is 5.32 Å². The molecular weight excluding hydrogens is 218 g/mol. The van der Waals surface area contributed by atoms with Gasteiger partial charge in [0.05, 0.1) is 0 Å². The first-order valence-corrected chi connectivity index (χ1v) is 6.35. The van der Waals surface area contributed by atoms with Gasteiger partial charge in [-0.2, -0.15) is 0 Å². The lowest BCUT2D eigenvalue weighted by molar-refractivity contribution is 0.676. The second kappa shape index (κ2) is 6.07. The van der Waals surface area contributed by atoms with Crippen molar-refractivity contribution in [2.75, 3.05) is 6.54 Å². The molecule has 1 aromatic rings. The zero-order chi connectivity index (χ0) is 11.2. The van der Waals surface area contributed by atoms with Crippen LogP contribution >= 0.6 is 11.6 Å². The van der Waals surface area contributed by atoms with Crippen LogP contribution in [-0.4, -0.2) is 6.54 Å². The smallest absolute Gasteiger partial charge is 0.0409 e. The molecule has 0 unspecified atom stereocenters. The van der Waals surface area contributed by atoms with Gasteiger partial charge in [-0.3, -0.25) is 0 Å². The van der Waals surface area contributed by atoms with Crippen LogP contribution in [0.25, 0.3) is 0 Å². The molecule has 2 heteroatoms. The summed E-state index contributed by atoms with van der Waals surface area (Å²) >= 11 is 5.92. The number of hydrogen-bond acceptors (Lipinski definition) is 1. The first-order valence-electron chi connectivity index (χ1n) is 5.98. The highest BCUT2D eigenvalue weighted by Gasteiger charge is 2.03. The van der Waals surface area contributed by atoms with E-state index in [0.29, 0.717) is 0 Å². The van der Waals surface area contributed by atoms with Crippen molar-refractivity contribution in [1.29, 1.82) is 0 Å². The number of rotatable bonds is 5. The zero-order valence-corrected chi connectivity index (χ0v) is 10.3. The predicted molar refractivity (Wildman–Crippen MR) is 69.7 cm³/mol. The highest BCUT2D eigenvalue weighted by atomic mass is 35.5. The summed E-state index contributed by atoms with van der Waals surface area (Å²) in [7, 11) is 0. The van der Waals surface area contributed by atoms with Crippen LogP contribution in [0.15, 0.2) is 35.9 Å². The third-order valence-electron chi connectivity index (χ3n) is 2.98. The van der Waals surface area contributed by atoms with Gasteiger partial charge in [0, 0.05) is 11.6 Å². The van der Waals surface area contributed by atoms with Crippen molar-refractivity contribution >= 4 is 11.6 Å². The molecule has 0 fully saturated rings. The molecule has 1 aromatic carbocycles. The lowest BCUT2D eigenvalue weighted by Crippen LogP contribution is -2.14. The van der Waals surface area contributed by atoms with Crippen molar-refractivity contribution in [3.05, 3.63) is 46.5 Å². The third-order valence-corrected chi connectivity index (χ3v) is 3.21. The molecule has 1 nitrogen and oxygen atoms in total. The molecule has 0 amide bonds. The van der Waals surface area contributed by atoms with Gasteiger partial charge in [-0.1, -0.05) is 35.4 Å². The standard InChI is InChI=1S/C14H18ClN/c15-14-7-3-6-13(10-14)11-16-9-8-12-4-1-2-5-12/h3-4,6-7,10,16H,1-2,5,8-9,11H2. The molecule has 0 spiro atoms. The monoisotopic (exact) mass is 235 g/mol. The van der Waals surface area contributed by atoms with Crippen molar-refractivity contribution in [3.63, 3.8) is 0 Å². The Hall–Kier alpha value is -0.790. The van der Waals surface area contributed by atoms with E-state index in [-0.39, 0.29) is 0 Å². The Kier molecular flexibility index (Phi) is 4.44. The molecule has 2 rings (SSSR count). The molecule has 0 atom stereocenters. The normalized spacial score (nSPS) is 15.2. The van der Waals surface area contributed by atoms with Gasteiger partial charge in [0.25, 0.3) is 0 Å². The molecular formula is C14H18ClN. The maximum absolute atomic E-state index is 5.92. The Labute approximate surface area is 103 Å². The third kappa shape index (κ3) is 3.66. The molecule has 0 saturated heterocycles. The summed E-state index contributed by atoms with van der Waals surface area (Å²) in [5, 5.41) is 4.27. The predicted octanol–water partition coefficient (Wildman–Crippen LogP) is 3.93. The zero-order valence-electron chi connectivity index (χ0n) is 9.51. The van der Waals surface area contributed by atoms with E-state index in [4.69, 9.17) is 11.6 Å². The summed E-state index contributed by atoms with van der Waals surface area (Å²) in [6.07, 6.45) is 7.52. The van der Waals surface area contributed by atoms with Gasteiger partial charge in [-0.25, -0.2) is 0 Å². The van der Waals surface area contributed by atoms with Crippen LogP contribution < -0.4 is 5.32 Å². The summed E-state index contributed by atoms with van der Waals surface area (Å²) in [6.45, 7) is 1.98. The SMILES string of the molecule is Clc1cccc(CNCCC2=CCCC2)c1. The molecule has 1 aliphatic carbocycles. The molecule has 16 heavy (non-hydrogen) atoms. The maximum atomic E-state index is 5.92. The van der Waals surface area contributed by atoms with Crippen LogP contribution in [0.4, 0.5) is 0 Å². The second-order valence-electron chi connectivity index (χ2n) is 4.31. The summed E-state index contributed by atoms with van der Waals surface area (Å²) in [6, 6.07) is 8.03. The fourth-order valence-corrected chi connectivity index (χ4v) is 2.31. The molecule has 1 aliphatic rings. The minimum Gasteiger partial charge on any atom is -0.312 e. The number of hydrogen-bond donors (Lipinski definition) is 1. The topological polar surface area (TPSA) is 12.0 Å². The fourth-order valence-electron chi connectivity index (χ4n) is 2.09. The van der Waals surface area contributed by atoms with Gasteiger partial charge >= 0.3 is 0 Å². The van der Waals surface area contributed by atoms with Crippen molar-refractivity contribution in [3.8, 4) is 0 Å². The molecule has 1 N–H and O–H groups in total. The Balaban J connectivity index is 1.68. The van der Waals surface area contributed by atoms with Gasteiger partial charge in [0.2, 0.25) is 0 Å². The summed E-state index contributed by atoms with van der Waals surface area (Å²) in [4.78, 5) is 0.